The number of hydrogen-bond acceptors (Lipinski definition) is 8. The highest BCUT2D eigenvalue weighted by atomic mass is 16.6. The van der Waals surface area contributed by atoms with Gasteiger partial charge in [0.2, 0.25) is 0 Å². The first kappa shape index (κ1) is 21.0. The molecule has 2 aliphatic carbocycles. The van der Waals surface area contributed by atoms with Gasteiger partial charge in [0.25, 0.3) is 0 Å². The zero-order chi connectivity index (χ0) is 19.4. The van der Waals surface area contributed by atoms with Gasteiger partial charge in [0.15, 0.2) is 6.10 Å². The minimum atomic E-state index is -1.74. The monoisotopic (exact) mass is 372 g/mol. The number of ether oxygens (including phenoxy) is 1. The Kier molecular flexibility index (Phi) is 7.31. The normalized spacial score (nSPS) is 40.9. The van der Waals surface area contributed by atoms with Crippen LogP contribution in [0.25, 0.3) is 0 Å². The van der Waals surface area contributed by atoms with Crippen LogP contribution in [0.4, 0.5) is 0 Å². The van der Waals surface area contributed by atoms with Gasteiger partial charge < -0.3 is 30.3 Å². The topological polar surface area (TPSA) is 145 Å². The van der Waals surface area contributed by atoms with E-state index in [4.69, 9.17) is 4.74 Å². The van der Waals surface area contributed by atoms with Gasteiger partial charge in [-0.2, -0.15) is 0 Å². The van der Waals surface area contributed by atoms with Crippen molar-refractivity contribution in [1.29, 1.82) is 0 Å². The molecule has 2 fully saturated rings. The fraction of sp³-hybridized carbons (Fsp3) is 0.778. The highest BCUT2D eigenvalue weighted by Gasteiger charge is 2.50. The van der Waals surface area contributed by atoms with Crippen LogP contribution in [0.3, 0.4) is 0 Å². The Balaban J connectivity index is 1.96. The van der Waals surface area contributed by atoms with E-state index in [2.05, 4.69) is 0 Å². The molecule has 8 heteroatoms. The Hall–Kier alpha value is -1.32. The lowest BCUT2D eigenvalue weighted by molar-refractivity contribution is -0.233. The summed E-state index contributed by atoms with van der Waals surface area (Å²) >= 11 is 0. The molecule has 8 nitrogen and oxygen atoms in total. The fourth-order valence-electron chi connectivity index (χ4n) is 3.70. The molecule has 0 aromatic carbocycles. The fourth-order valence-corrected chi connectivity index (χ4v) is 3.70. The second-order valence-corrected chi connectivity index (χ2v) is 7.10. The number of carbonyl (C=O) groups excluding carboxylic acids is 2. The number of esters is 1. The van der Waals surface area contributed by atoms with Crippen LogP contribution >= 0.6 is 0 Å². The smallest absolute Gasteiger partial charge is 0.306 e. The molecule has 148 valence electrons. The maximum Gasteiger partial charge on any atom is 0.306 e. The SMILES string of the molecule is CC/C=C/CC1C(=O)CCC1CC(=O)OC1C(O)C(O)C(O)C(O)C1O. The highest BCUT2D eigenvalue weighted by molar-refractivity contribution is 5.84. The first-order valence-electron chi connectivity index (χ1n) is 9.05. The molecule has 2 saturated carbocycles. The second-order valence-electron chi connectivity index (χ2n) is 7.10. The molecule has 0 heterocycles. The largest absolute Gasteiger partial charge is 0.457 e. The van der Waals surface area contributed by atoms with Gasteiger partial charge in [-0.05, 0) is 25.2 Å². The van der Waals surface area contributed by atoms with Crippen molar-refractivity contribution in [1.82, 2.24) is 0 Å². The number of ketones is 1. The molecule has 0 radical (unpaired) electrons. The number of aliphatic hydroxyl groups excluding tert-OH is 5. The maximum atomic E-state index is 12.2. The summed E-state index contributed by atoms with van der Waals surface area (Å²) < 4.78 is 5.08. The summed E-state index contributed by atoms with van der Waals surface area (Å²) in [5, 5.41) is 48.7. The van der Waals surface area contributed by atoms with Crippen molar-refractivity contribution in [3.8, 4) is 0 Å². The average Bonchev–Trinajstić information content (AvgIpc) is 2.95. The van der Waals surface area contributed by atoms with Gasteiger partial charge in [0, 0.05) is 18.8 Å². The Labute approximate surface area is 152 Å². The third kappa shape index (κ3) is 4.50. The van der Waals surface area contributed by atoms with Gasteiger partial charge in [-0.1, -0.05) is 19.1 Å². The van der Waals surface area contributed by atoms with Crippen molar-refractivity contribution < 1.29 is 39.9 Å². The van der Waals surface area contributed by atoms with Crippen LogP contribution in [-0.4, -0.2) is 73.9 Å². The lowest BCUT2D eigenvalue weighted by atomic mass is 9.84. The lowest BCUT2D eigenvalue weighted by Crippen LogP contribution is -2.64. The number of rotatable bonds is 6. The summed E-state index contributed by atoms with van der Waals surface area (Å²) in [6, 6.07) is 0. The molecule has 6 atom stereocenters. The summed E-state index contributed by atoms with van der Waals surface area (Å²) in [5.74, 6) is -1.07. The molecule has 0 amide bonds. The van der Waals surface area contributed by atoms with Gasteiger partial charge in [0.1, 0.15) is 36.3 Å². The van der Waals surface area contributed by atoms with Gasteiger partial charge in [-0.3, -0.25) is 9.59 Å². The van der Waals surface area contributed by atoms with Crippen LogP contribution in [0.2, 0.25) is 0 Å². The van der Waals surface area contributed by atoms with E-state index in [1.54, 1.807) is 0 Å². The molecular weight excluding hydrogens is 344 g/mol. The van der Waals surface area contributed by atoms with Gasteiger partial charge in [-0.15, -0.1) is 0 Å². The molecule has 0 bridgehead atoms. The van der Waals surface area contributed by atoms with Crippen molar-refractivity contribution in [3.63, 3.8) is 0 Å². The van der Waals surface area contributed by atoms with Crippen LogP contribution in [-0.2, 0) is 14.3 Å². The summed E-state index contributed by atoms with van der Waals surface area (Å²) in [7, 11) is 0. The van der Waals surface area contributed by atoms with Gasteiger partial charge in [0.05, 0.1) is 0 Å². The Bertz CT molecular complexity index is 517. The maximum absolute atomic E-state index is 12.2. The quantitative estimate of drug-likeness (QED) is 0.297. The molecule has 0 saturated heterocycles. The van der Waals surface area contributed by atoms with Crippen molar-refractivity contribution >= 4 is 11.8 Å². The molecule has 2 rings (SSSR count). The number of allylic oxidation sites excluding steroid dienone is 2. The number of hydrogen-bond donors (Lipinski definition) is 5. The van der Waals surface area contributed by atoms with Gasteiger partial charge >= 0.3 is 5.97 Å². The number of aliphatic hydroxyl groups is 5. The van der Waals surface area contributed by atoms with Crippen molar-refractivity contribution in [2.24, 2.45) is 11.8 Å². The van der Waals surface area contributed by atoms with Gasteiger partial charge in [-0.25, -0.2) is 0 Å². The van der Waals surface area contributed by atoms with Crippen LogP contribution < -0.4 is 0 Å². The molecule has 2 aliphatic rings. The second kappa shape index (κ2) is 9.05. The molecule has 0 aromatic rings. The predicted octanol–water partition coefficient (Wildman–Crippen LogP) is -0.942. The van der Waals surface area contributed by atoms with Crippen LogP contribution in [0, 0.1) is 11.8 Å². The van der Waals surface area contributed by atoms with E-state index in [-0.39, 0.29) is 24.0 Å². The average molecular weight is 372 g/mol. The minimum Gasteiger partial charge on any atom is -0.457 e. The van der Waals surface area contributed by atoms with E-state index in [0.717, 1.165) is 6.42 Å². The third-order valence-corrected chi connectivity index (χ3v) is 5.31. The summed E-state index contributed by atoms with van der Waals surface area (Å²) in [6.45, 7) is 1.99. The van der Waals surface area contributed by atoms with E-state index in [9.17, 15) is 35.1 Å². The summed E-state index contributed by atoms with van der Waals surface area (Å²) in [4.78, 5) is 24.3. The molecule has 26 heavy (non-hydrogen) atoms. The van der Waals surface area contributed by atoms with Crippen LogP contribution in [0.1, 0.15) is 39.0 Å². The van der Waals surface area contributed by atoms with Crippen LogP contribution in [0.15, 0.2) is 12.2 Å². The van der Waals surface area contributed by atoms with Crippen molar-refractivity contribution in [3.05, 3.63) is 12.2 Å². The van der Waals surface area contributed by atoms with E-state index in [0.29, 0.717) is 19.3 Å². The van der Waals surface area contributed by atoms with E-state index < -0.39 is 42.6 Å². The standard InChI is InChI=1S/C18H28O8/c1-2-3-4-5-10-9(6-7-11(10)19)8-12(20)26-18-16(24)14(22)13(21)15(23)17(18)25/h3-4,9-10,13-18,21-25H,2,5-8H2,1H3/b4-3+. The molecule has 0 spiro atoms. The lowest BCUT2D eigenvalue weighted by Gasteiger charge is -2.41. The zero-order valence-electron chi connectivity index (χ0n) is 14.8. The molecule has 0 aliphatic heterocycles. The molecule has 5 N–H and O–H groups in total. The Morgan fingerprint density at radius 2 is 1.62 bits per heavy atom. The molecular formula is C18H28O8. The first-order valence-corrected chi connectivity index (χ1v) is 9.05. The number of Topliss-reactive ketones (excluding diaryl/α,β-unsaturated/α-hetero) is 1. The minimum absolute atomic E-state index is 0.0545. The summed E-state index contributed by atoms with van der Waals surface area (Å²) in [5.41, 5.74) is 0. The molecule has 6 unspecified atom stereocenters. The van der Waals surface area contributed by atoms with Crippen molar-refractivity contribution in [2.45, 2.75) is 75.7 Å². The zero-order valence-corrected chi connectivity index (χ0v) is 14.8. The predicted molar refractivity (Wildman–Crippen MR) is 89.8 cm³/mol. The van der Waals surface area contributed by atoms with Crippen molar-refractivity contribution in [2.75, 3.05) is 0 Å². The van der Waals surface area contributed by atoms with E-state index in [1.807, 2.05) is 19.1 Å². The number of carbonyl (C=O) groups is 2. The van der Waals surface area contributed by atoms with E-state index in [1.165, 1.54) is 0 Å². The Morgan fingerprint density at radius 3 is 2.19 bits per heavy atom. The third-order valence-electron chi connectivity index (χ3n) is 5.31. The Morgan fingerprint density at radius 1 is 1.04 bits per heavy atom. The highest BCUT2D eigenvalue weighted by Crippen LogP contribution is 2.35. The van der Waals surface area contributed by atoms with E-state index >= 15 is 0 Å². The first-order chi connectivity index (χ1) is 12.3. The summed E-state index contributed by atoms with van der Waals surface area (Å²) in [6.07, 6.45) is -3.99. The molecule has 0 aromatic heterocycles. The van der Waals surface area contributed by atoms with Crippen LogP contribution in [0.5, 0.6) is 0 Å².